The Morgan fingerprint density at radius 3 is 2.75 bits per heavy atom. The summed E-state index contributed by atoms with van der Waals surface area (Å²) in [5.74, 6) is 0.434. The number of ether oxygens (including phenoxy) is 1. The average molecular weight is 270 g/mol. The lowest BCUT2D eigenvalue weighted by atomic mass is 9.99. The lowest BCUT2D eigenvalue weighted by molar-refractivity contribution is 0.0960. The molecule has 2 N–H and O–H groups in total. The summed E-state index contributed by atoms with van der Waals surface area (Å²) >= 11 is 0. The molecule has 0 fully saturated rings. The number of hydrogen-bond donors (Lipinski definition) is 1. The number of carbonyl (C=O) groups is 1. The van der Waals surface area contributed by atoms with E-state index in [1.165, 1.54) is 6.20 Å². The lowest BCUT2D eigenvalue weighted by Gasteiger charge is -2.11. The minimum atomic E-state index is -0.681. The minimum absolute atomic E-state index is 0.161. The first kappa shape index (κ1) is 14.2. The Kier molecular flexibility index (Phi) is 4.85. The van der Waals surface area contributed by atoms with E-state index in [2.05, 4.69) is 4.98 Å². The third-order valence-corrected chi connectivity index (χ3v) is 2.91. The number of nitrogens with two attached hydrogens (primary N) is 1. The van der Waals surface area contributed by atoms with Crippen LogP contribution < -0.4 is 10.5 Å². The topological polar surface area (TPSA) is 65.2 Å². The molecule has 104 valence electrons. The molecule has 1 heterocycles. The number of aromatic nitrogens is 1. The standard InChI is InChI=1S/C16H18N2O2/c1-2-8-20-14-9-13(10-18-11-14)16(19)15(17)12-6-4-3-5-7-12/h3-7,9-11,15H,2,8,17H2,1H3/t15-/m1/s1. The molecule has 1 aromatic heterocycles. The summed E-state index contributed by atoms with van der Waals surface area (Å²) in [4.78, 5) is 16.4. The zero-order chi connectivity index (χ0) is 14.4. The van der Waals surface area contributed by atoms with Crippen LogP contribution in [0.4, 0.5) is 0 Å². The third-order valence-electron chi connectivity index (χ3n) is 2.91. The Morgan fingerprint density at radius 2 is 2.05 bits per heavy atom. The van der Waals surface area contributed by atoms with Gasteiger partial charge in [0.2, 0.25) is 0 Å². The van der Waals surface area contributed by atoms with E-state index in [9.17, 15) is 4.79 Å². The second-order valence-corrected chi connectivity index (χ2v) is 4.51. The van der Waals surface area contributed by atoms with Crippen molar-refractivity contribution in [3.8, 4) is 5.75 Å². The van der Waals surface area contributed by atoms with E-state index in [-0.39, 0.29) is 5.78 Å². The number of carbonyl (C=O) groups excluding carboxylic acids is 1. The number of ketones is 1. The summed E-state index contributed by atoms with van der Waals surface area (Å²) in [6.07, 6.45) is 4.02. The normalized spacial score (nSPS) is 11.9. The third kappa shape index (κ3) is 3.42. The first-order chi connectivity index (χ1) is 9.72. The van der Waals surface area contributed by atoms with Gasteiger partial charge in [-0.2, -0.15) is 0 Å². The fourth-order valence-electron chi connectivity index (χ4n) is 1.84. The van der Waals surface area contributed by atoms with Crippen LogP contribution in [0.5, 0.6) is 5.75 Å². The molecule has 2 aromatic rings. The van der Waals surface area contributed by atoms with Crippen molar-refractivity contribution in [2.75, 3.05) is 6.61 Å². The minimum Gasteiger partial charge on any atom is -0.492 e. The van der Waals surface area contributed by atoms with E-state index >= 15 is 0 Å². The second-order valence-electron chi connectivity index (χ2n) is 4.51. The fourth-order valence-corrected chi connectivity index (χ4v) is 1.84. The molecule has 1 aromatic carbocycles. The van der Waals surface area contributed by atoms with Crippen LogP contribution >= 0.6 is 0 Å². The summed E-state index contributed by atoms with van der Waals surface area (Å²) in [5, 5.41) is 0. The molecule has 4 nitrogen and oxygen atoms in total. The Morgan fingerprint density at radius 1 is 1.30 bits per heavy atom. The highest BCUT2D eigenvalue weighted by Gasteiger charge is 2.18. The maximum atomic E-state index is 12.4. The Bertz CT molecular complexity index is 570. The molecule has 0 unspecified atom stereocenters. The van der Waals surface area contributed by atoms with Gasteiger partial charge in [-0.3, -0.25) is 9.78 Å². The van der Waals surface area contributed by atoms with Gasteiger partial charge in [0.25, 0.3) is 0 Å². The Hall–Kier alpha value is -2.20. The van der Waals surface area contributed by atoms with E-state index in [1.807, 2.05) is 37.3 Å². The summed E-state index contributed by atoms with van der Waals surface area (Å²) in [6.45, 7) is 2.62. The predicted molar refractivity (Wildman–Crippen MR) is 77.7 cm³/mol. The van der Waals surface area contributed by atoms with Gasteiger partial charge in [0.05, 0.1) is 18.8 Å². The summed E-state index contributed by atoms with van der Waals surface area (Å²) in [7, 11) is 0. The van der Waals surface area contributed by atoms with E-state index in [4.69, 9.17) is 10.5 Å². The number of nitrogens with zero attached hydrogens (tertiary/aromatic N) is 1. The van der Waals surface area contributed by atoms with E-state index in [0.717, 1.165) is 12.0 Å². The van der Waals surface area contributed by atoms with Crippen molar-refractivity contribution in [1.29, 1.82) is 0 Å². The van der Waals surface area contributed by atoms with E-state index in [0.29, 0.717) is 17.9 Å². The zero-order valence-corrected chi connectivity index (χ0v) is 11.5. The zero-order valence-electron chi connectivity index (χ0n) is 11.5. The van der Waals surface area contributed by atoms with Gasteiger partial charge in [-0.1, -0.05) is 37.3 Å². The van der Waals surface area contributed by atoms with Crippen LogP contribution in [0.15, 0.2) is 48.8 Å². The van der Waals surface area contributed by atoms with E-state index < -0.39 is 6.04 Å². The molecule has 4 heteroatoms. The van der Waals surface area contributed by atoms with Crippen molar-refractivity contribution in [3.63, 3.8) is 0 Å². The summed E-state index contributed by atoms with van der Waals surface area (Å²) in [5.41, 5.74) is 7.26. The molecule has 1 atom stereocenters. The average Bonchev–Trinajstić information content (AvgIpc) is 2.52. The van der Waals surface area contributed by atoms with Gasteiger partial charge < -0.3 is 10.5 Å². The summed E-state index contributed by atoms with van der Waals surface area (Å²) < 4.78 is 5.48. The van der Waals surface area contributed by atoms with Gasteiger partial charge in [-0.05, 0) is 18.1 Å². The first-order valence-electron chi connectivity index (χ1n) is 6.65. The predicted octanol–water partition coefficient (Wildman–Crippen LogP) is 2.75. The molecule has 0 bridgehead atoms. The van der Waals surface area contributed by atoms with Crippen molar-refractivity contribution in [2.45, 2.75) is 19.4 Å². The molecule has 20 heavy (non-hydrogen) atoms. The number of rotatable bonds is 6. The molecule has 0 aliphatic rings. The summed E-state index contributed by atoms with van der Waals surface area (Å²) in [6, 6.07) is 10.3. The highest BCUT2D eigenvalue weighted by atomic mass is 16.5. The number of Topliss-reactive ketones (excluding diaryl/α,β-unsaturated/α-hetero) is 1. The Balaban J connectivity index is 2.16. The van der Waals surface area contributed by atoms with Gasteiger partial charge >= 0.3 is 0 Å². The number of benzene rings is 1. The monoisotopic (exact) mass is 270 g/mol. The molecule has 0 aliphatic carbocycles. The molecule has 0 saturated heterocycles. The van der Waals surface area contributed by atoms with Gasteiger partial charge in [0.15, 0.2) is 5.78 Å². The van der Waals surface area contributed by atoms with Gasteiger partial charge in [-0.15, -0.1) is 0 Å². The highest BCUT2D eigenvalue weighted by molar-refractivity contribution is 6.00. The van der Waals surface area contributed by atoms with Gasteiger partial charge in [-0.25, -0.2) is 0 Å². The van der Waals surface area contributed by atoms with Crippen molar-refractivity contribution in [1.82, 2.24) is 4.98 Å². The van der Waals surface area contributed by atoms with Crippen LogP contribution in [0.2, 0.25) is 0 Å². The highest BCUT2D eigenvalue weighted by Crippen LogP contribution is 2.18. The van der Waals surface area contributed by atoms with E-state index in [1.54, 1.807) is 12.3 Å². The number of pyridine rings is 1. The Labute approximate surface area is 118 Å². The molecule has 0 spiro atoms. The lowest BCUT2D eigenvalue weighted by Crippen LogP contribution is -2.21. The van der Waals surface area contributed by atoms with Crippen LogP contribution in [-0.4, -0.2) is 17.4 Å². The van der Waals surface area contributed by atoms with Crippen molar-refractivity contribution in [2.24, 2.45) is 5.73 Å². The maximum absolute atomic E-state index is 12.4. The van der Waals surface area contributed by atoms with Gasteiger partial charge in [0.1, 0.15) is 5.75 Å². The maximum Gasteiger partial charge on any atom is 0.185 e. The molecular formula is C16H18N2O2. The van der Waals surface area contributed by atoms with Crippen LogP contribution in [0.1, 0.15) is 35.3 Å². The largest absolute Gasteiger partial charge is 0.492 e. The molecular weight excluding hydrogens is 252 g/mol. The van der Waals surface area contributed by atoms with Crippen molar-refractivity contribution in [3.05, 3.63) is 59.9 Å². The molecule has 0 aliphatic heterocycles. The first-order valence-corrected chi connectivity index (χ1v) is 6.65. The van der Waals surface area contributed by atoms with Gasteiger partial charge in [0, 0.05) is 11.8 Å². The van der Waals surface area contributed by atoms with Crippen molar-refractivity contribution >= 4 is 5.78 Å². The quantitative estimate of drug-likeness (QED) is 0.820. The molecule has 0 saturated carbocycles. The molecule has 2 rings (SSSR count). The number of hydrogen-bond acceptors (Lipinski definition) is 4. The van der Waals surface area contributed by atoms with Crippen LogP contribution in [0.3, 0.4) is 0 Å². The fraction of sp³-hybridized carbons (Fsp3) is 0.250. The second kappa shape index (κ2) is 6.82. The van der Waals surface area contributed by atoms with Crippen LogP contribution in [-0.2, 0) is 0 Å². The molecule has 0 radical (unpaired) electrons. The SMILES string of the molecule is CCCOc1cncc(C(=O)[C@H](N)c2ccccc2)c1. The smallest absolute Gasteiger partial charge is 0.185 e. The van der Waals surface area contributed by atoms with Crippen LogP contribution in [0, 0.1) is 0 Å². The van der Waals surface area contributed by atoms with Crippen molar-refractivity contribution < 1.29 is 9.53 Å². The molecule has 0 amide bonds. The van der Waals surface area contributed by atoms with Crippen LogP contribution in [0.25, 0.3) is 0 Å².